The molecule has 0 bridgehead atoms. The van der Waals surface area contributed by atoms with Crippen LogP contribution < -0.4 is 15.8 Å². The molecule has 3 aromatic rings. The zero-order valence-electron chi connectivity index (χ0n) is 16.1. The van der Waals surface area contributed by atoms with Crippen molar-refractivity contribution >= 4 is 24.9 Å². The van der Waals surface area contributed by atoms with Gasteiger partial charge in [-0.25, -0.2) is 13.9 Å². The van der Waals surface area contributed by atoms with E-state index in [0.717, 1.165) is 17.8 Å². The summed E-state index contributed by atoms with van der Waals surface area (Å²) in [6.07, 6.45) is -3.43. The van der Waals surface area contributed by atoms with Gasteiger partial charge in [-0.3, -0.25) is 23.8 Å². The number of aliphatic hydroxyl groups is 1. The average molecular weight is 455 g/mol. The molecule has 0 radical (unpaired) electrons. The smallest absolute Gasteiger partial charge is 0.404 e. The number of nitrogens with zero attached hydrogens (tertiary/aromatic N) is 3. The lowest BCUT2D eigenvalue weighted by atomic mass is 9.98. The Bertz CT molecular complexity index is 1200. The summed E-state index contributed by atoms with van der Waals surface area (Å²) in [5.41, 5.74) is 2.38. The van der Waals surface area contributed by atoms with Crippen LogP contribution in [0.2, 0.25) is 0 Å². The molecule has 14 heteroatoms. The maximum absolute atomic E-state index is 15.4. The molecule has 0 saturated carbocycles. The van der Waals surface area contributed by atoms with Crippen LogP contribution in [0.1, 0.15) is 13.2 Å². The number of para-hydroxylation sites is 1. The lowest BCUT2D eigenvalue weighted by Gasteiger charge is -2.24. The van der Waals surface area contributed by atoms with E-state index in [1.165, 1.54) is 12.1 Å². The van der Waals surface area contributed by atoms with Crippen LogP contribution in [-0.2, 0) is 13.8 Å². The maximum Gasteiger partial charge on any atom is 0.527 e. The van der Waals surface area contributed by atoms with E-state index in [1.54, 1.807) is 18.2 Å². The largest absolute Gasteiger partial charge is 0.527 e. The third-order valence-corrected chi connectivity index (χ3v) is 5.70. The summed E-state index contributed by atoms with van der Waals surface area (Å²) >= 11 is 0. The van der Waals surface area contributed by atoms with Gasteiger partial charge in [0.1, 0.15) is 18.0 Å². The van der Waals surface area contributed by atoms with E-state index in [9.17, 15) is 19.4 Å². The molecule has 3 heterocycles. The molecule has 1 unspecified atom stereocenters. The van der Waals surface area contributed by atoms with Crippen LogP contribution in [0.25, 0.3) is 11.2 Å². The minimum absolute atomic E-state index is 0.0517. The number of aromatic nitrogens is 4. The first-order chi connectivity index (χ1) is 14.6. The number of phosphoric acid groups is 1. The third kappa shape index (κ3) is 4.05. The summed E-state index contributed by atoms with van der Waals surface area (Å²) in [6.45, 7) is 0.421. The first-order valence-electron chi connectivity index (χ1n) is 9.05. The monoisotopic (exact) mass is 455 g/mol. The van der Waals surface area contributed by atoms with E-state index in [4.69, 9.17) is 19.5 Å². The highest BCUT2D eigenvalue weighted by Crippen LogP contribution is 2.47. The maximum atomic E-state index is 15.4. The Labute approximate surface area is 174 Å². The fourth-order valence-corrected chi connectivity index (χ4v) is 4.05. The molecule has 5 N–H and O–H groups in total. The molecule has 2 aromatic heterocycles. The van der Waals surface area contributed by atoms with Crippen molar-refractivity contribution in [3.8, 4) is 5.75 Å². The standard InChI is InChI=1S/C17H19FN5O7P/c1-17(18)12(24)10(7-28-31(26,27)30-9-5-3-2-4-6-9)29-15(17)23-8-20-11-13(23)21-16(19)22-14(11)25/h2-6,8,10,12,15,24H,7H2,1H3,(H,26,27)(H3,19,21,22,25)/t10-,12-,15-,17-/m1/s1. The molecule has 1 fully saturated rings. The molecular formula is C17H19FN5O7P. The zero-order chi connectivity index (χ0) is 22.4. The number of halogens is 1. The topological polar surface area (TPSA) is 175 Å². The Kier molecular flexibility index (Phi) is 5.31. The highest BCUT2D eigenvalue weighted by molar-refractivity contribution is 7.47. The van der Waals surface area contributed by atoms with E-state index in [-0.39, 0.29) is 22.9 Å². The summed E-state index contributed by atoms with van der Waals surface area (Å²) in [4.78, 5) is 32.0. The summed E-state index contributed by atoms with van der Waals surface area (Å²) < 4.78 is 44.0. The Morgan fingerprint density at radius 2 is 2.13 bits per heavy atom. The zero-order valence-corrected chi connectivity index (χ0v) is 17.0. The molecule has 0 aliphatic carbocycles. The third-order valence-electron chi connectivity index (χ3n) is 4.79. The van der Waals surface area contributed by atoms with Gasteiger partial charge >= 0.3 is 7.82 Å². The SMILES string of the molecule is C[C@@]1(F)[C@H](O)[C@@H](COP(=O)(O)Oc2ccccc2)O[C@H]1n1cnc2c(=O)[nH]c(N)nc21. The van der Waals surface area contributed by atoms with Crippen molar-refractivity contribution in [2.45, 2.75) is 31.0 Å². The van der Waals surface area contributed by atoms with E-state index in [0.29, 0.717) is 0 Å². The van der Waals surface area contributed by atoms with Gasteiger partial charge in [-0.05, 0) is 19.1 Å². The number of hydrogen-bond acceptors (Lipinski definition) is 9. The summed E-state index contributed by atoms with van der Waals surface area (Å²) in [5, 5.41) is 10.4. The van der Waals surface area contributed by atoms with Crippen LogP contribution in [0.5, 0.6) is 5.75 Å². The number of benzene rings is 1. The number of nitrogens with one attached hydrogen (secondary N) is 1. The normalized spacial score (nSPS) is 27.9. The number of alkyl halides is 1. The summed E-state index contributed by atoms with van der Waals surface area (Å²) in [7, 11) is -4.57. The van der Waals surface area contributed by atoms with Crippen LogP contribution in [-0.4, -0.2) is 54.0 Å². The number of nitrogen functional groups attached to an aromatic ring is 1. The number of anilines is 1. The van der Waals surface area contributed by atoms with Gasteiger partial charge in [-0.15, -0.1) is 0 Å². The molecule has 1 aliphatic heterocycles. The van der Waals surface area contributed by atoms with Crippen LogP contribution in [0.15, 0.2) is 41.5 Å². The van der Waals surface area contributed by atoms with Crippen molar-refractivity contribution in [1.82, 2.24) is 19.5 Å². The molecule has 4 rings (SSSR count). The minimum Gasteiger partial charge on any atom is -0.404 e. The molecule has 1 saturated heterocycles. The lowest BCUT2D eigenvalue weighted by Crippen LogP contribution is -2.40. The Hall–Kier alpha value is -2.83. The van der Waals surface area contributed by atoms with Crippen LogP contribution in [0, 0.1) is 0 Å². The summed E-state index contributed by atoms with van der Waals surface area (Å²) in [5.74, 6) is -0.120. The number of fused-ring (bicyclic) bond motifs is 1. The highest BCUT2D eigenvalue weighted by Gasteiger charge is 2.56. The van der Waals surface area contributed by atoms with Gasteiger partial charge in [0.05, 0.1) is 12.9 Å². The van der Waals surface area contributed by atoms with Crippen LogP contribution in [0.4, 0.5) is 10.3 Å². The second-order valence-corrected chi connectivity index (χ2v) is 8.44. The number of hydrogen-bond donors (Lipinski definition) is 4. The summed E-state index contributed by atoms with van der Waals surface area (Å²) in [6, 6.07) is 7.79. The molecule has 166 valence electrons. The van der Waals surface area contributed by atoms with Crippen molar-refractivity contribution in [2.75, 3.05) is 12.3 Å². The van der Waals surface area contributed by atoms with Gasteiger partial charge in [0.25, 0.3) is 5.56 Å². The van der Waals surface area contributed by atoms with Crippen molar-refractivity contribution in [3.05, 3.63) is 47.0 Å². The number of aromatic amines is 1. The number of phosphoric ester groups is 1. The van der Waals surface area contributed by atoms with Gasteiger partial charge in [-0.2, -0.15) is 4.98 Å². The molecule has 31 heavy (non-hydrogen) atoms. The molecule has 5 atom stereocenters. The van der Waals surface area contributed by atoms with E-state index >= 15 is 4.39 Å². The van der Waals surface area contributed by atoms with Crippen molar-refractivity contribution in [2.24, 2.45) is 0 Å². The molecule has 0 amide bonds. The second-order valence-electron chi connectivity index (χ2n) is 7.07. The Morgan fingerprint density at radius 1 is 1.42 bits per heavy atom. The molecule has 0 spiro atoms. The first-order valence-corrected chi connectivity index (χ1v) is 10.5. The lowest BCUT2D eigenvalue weighted by molar-refractivity contribution is -0.0558. The van der Waals surface area contributed by atoms with E-state index in [1.807, 2.05) is 0 Å². The van der Waals surface area contributed by atoms with Crippen molar-refractivity contribution in [1.29, 1.82) is 0 Å². The second kappa shape index (κ2) is 7.70. The van der Waals surface area contributed by atoms with Crippen LogP contribution in [0.3, 0.4) is 0 Å². The average Bonchev–Trinajstić information content (AvgIpc) is 3.20. The fourth-order valence-electron chi connectivity index (χ4n) is 3.27. The van der Waals surface area contributed by atoms with Gasteiger partial charge in [-0.1, -0.05) is 18.2 Å². The van der Waals surface area contributed by atoms with E-state index in [2.05, 4.69) is 15.0 Å². The van der Waals surface area contributed by atoms with Crippen molar-refractivity contribution in [3.63, 3.8) is 0 Å². The van der Waals surface area contributed by atoms with Crippen molar-refractivity contribution < 1.29 is 32.7 Å². The minimum atomic E-state index is -4.57. The number of aliphatic hydroxyl groups excluding tert-OH is 1. The fraction of sp³-hybridized carbons (Fsp3) is 0.353. The highest BCUT2D eigenvalue weighted by atomic mass is 31.2. The number of H-pyrrole nitrogens is 1. The van der Waals surface area contributed by atoms with Gasteiger partial charge in [0.2, 0.25) is 5.95 Å². The van der Waals surface area contributed by atoms with Gasteiger partial charge in [0.15, 0.2) is 23.1 Å². The number of imidazole rings is 1. The van der Waals surface area contributed by atoms with E-state index < -0.39 is 44.1 Å². The number of ether oxygens (including phenoxy) is 1. The molecule has 1 aliphatic rings. The number of rotatable bonds is 6. The quantitative estimate of drug-likeness (QED) is 0.391. The van der Waals surface area contributed by atoms with Crippen LogP contribution >= 0.6 is 7.82 Å². The molecular weight excluding hydrogens is 436 g/mol. The molecule has 12 nitrogen and oxygen atoms in total. The first kappa shape index (κ1) is 21.4. The van der Waals surface area contributed by atoms with Gasteiger partial charge < -0.3 is 20.1 Å². The Balaban J connectivity index is 1.53. The Morgan fingerprint density at radius 3 is 2.84 bits per heavy atom. The molecule has 1 aromatic carbocycles. The predicted octanol–water partition coefficient (Wildman–Crippen LogP) is 0.884. The van der Waals surface area contributed by atoms with Gasteiger partial charge in [0, 0.05) is 0 Å². The number of nitrogens with two attached hydrogens (primary N) is 1. The predicted molar refractivity (Wildman–Crippen MR) is 105 cm³/mol.